The van der Waals surface area contributed by atoms with Gasteiger partial charge in [0.1, 0.15) is 12.4 Å². The lowest BCUT2D eigenvalue weighted by Gasteiger charge is -2.16. The molecular formula is C20H19NO3S. The van der Waals surface area contributed by atoms with E-state index in [0.29, 0.717) is 17.3 Å². The number of imide groups is 1. The van der Waals surface area contributed by atoms with E-state index in [0.717, 1.165) is 22.9 Å². The maximum Gasteiger partial charge on any atom is 0.293 e. The summed E-state index contributed by atoms with van der Waals surface area (Å²) in [6.45, 7) is 4.10. The van der Waals surface area contributed by atoms with Crippen molar-refractivity contribution < 1.29 is 14.3 Å². The molecule has 0 aromatic heterocycles. The minimum absolute atomic E-state index is 0.150. The first-order valence-corrected chi connectivity index (χ1v) is 8.90. The van der Waals surface area contributed by atoms with Crippen LogP contribution in [0.15, 0.2) is 59.5 Å². The number of thioether (sulfide) groups is 1. The third kappa shape index (κ3) is 3.94. The van der Waals surface area contributed by atoms with Crippen molar-refractivity contribution in [3.05, 3.63) is 70.6 Å². The highest BCUT2D eigenvalue weighted by atomic mass is 32.2. The highest BCUT2D eigenvalue weighted by molar-refractivity contribution is 8.18. The van der Waals surface area contributed by atoms with Crippen LogP contribution >= 0.6 is 11.8 Å². The Morgan fingerprint density at radius 1 is 1.04 bits per heavy atom. The Hall–Kier alpha value is -2.53. The number of ether oxygens (including phenoxy) is 1. The first-order chi connectivity index (χ1) is 12.1. The quantitative estimate of drug-likeness (QED) is 0.730. The number of amides is 2. The predicted octanol–water partition coefficient (Wildman–Crippen LogP) is 4.71. The van der Waals surface area contributed by atoms with E-state index in [1.54, 1.807) is 6.08 Å². The molecule has 1 saturated heterocycles. The third-order valence-electron chi connectivity index (χ3n) is 3.78. The van der Waals surface area contributed by atoms with E-state index < -0.39 is 0 Å². The van der Waals surface area contributed by atoms with Crippen molar-refractivity contribution in [1.82, 2.24) is 4.90 Å². The maximum absolute atomic E-state index is 12.4. The summed E-state index contributed by atoms with van der Waals surface area (Å²) in [5, 5.41) is -0.228. The molecule has 0 aliphatic carbocycles. The van der Waals surface area contributed by atoms with E-state index >= 15 is 0 Å². The number of benzene rings is 2. The molecular weight excluding hydrogens is 334 g/mol. The molecule has 2 aromatic rings. The minimum Gasteiger partial charge on any atom is -0.488 e. The average Bonchev–Trinajstić information content (AvgIpc) is 2.88. The van der Waals surface area contributed by atoms with Gasteiger partial charge in [-0.2, -0.15) is 0 Å². The molecule has 4 nitrogen and oxygen atoms in total. The van der Waals surface area contributed by atoms with E-state index in [9.17, 15) is 9.59 Å². The zero-order valence-electron chi connectivity index (χ0n) is 14.1. The van der Waals surface area contributed by atoms with Crippen molar-refractivity contribution in [2.45, 2.75) is 26.5 Å². The van der Waals surface area contributed by atoms with Gasteiger partial charge in [0.15, 0.2) is 0 Å². The number of nitrogens with zero attached hydrogens (tertiary/aromatic N) is 1. The zero-order valence-corrected chi connectivity index (χ0v) is 15.0. The van der Waals surface area contributed by atoms with Gasteiger partial charge in [0.25, 0.3) is 11.1 Å². The van der Waals surface area contributed by atoms with Crippen molar-refractivity contribution in [2.75, 3.05) is 0 Å². The first kappa shape index (κ1) is 17.3. The second-order valence-electron chi connectivity index (χ2n) is 5.96. The molecule has 128 valence electrons. The molecule has 1 fully saturated rings. The summed E-state index contributed by atoms with van der Waals surface area (Å²) >= 11 is 0.971. The Kier molecular flexibility index (Phi) is 5.24. The molecule has 0 unspecified atom stereocenters. The van der Waals surface area contributed by atoms with Crippen LogP contribution in [0.1, 0.15) is 25.0 Å². The molecule has 0 saturated carbocycles. The number of carbonyl (C=O) groups excluding carboxylic acids is 2. The van der Waals surface area contributed by atoms with Gasteiger partial charge in [-0.05, 0) is 43.3 Å². The summed E-state index contributed by atoms with van der Waals surface area (Å²) in [4.78, 5) is 26.2. The average molecular weight is 353 g/mol. The summed E-state index contributed by atoms with van der Waals surface area (Å²) in [5.41, 5.74) is 1.85. The number of hydrogen-bond acceptors (Lipinski definition) is 4. The Bertz CT molecular complexity index is 815. The lowest BCUT2D eigenvalue weighted by atomic mass is 10.1. The topological polar surface area (TPSA) is 46.6 Å². The van der Waals surface area contributed by atoms with Gasteiger partial charge in [-0.25, -0.2) is 0 Å². The van der Waals surface area contributed by atoms with Crippen molar-refractivity contribution in [2.24, 2.45) is 0 Å². The number of para-hydroxylation sites is 1. The molecule has 3 rings (SSSR count). The van der Waals surface area contributed by atoms with Crippen molar-refractivity contribution in [1.29, 1.82) is 0 Å². The fourth-order valence-corrected chi connectivity index (χ4v) is 3.48. The first-order valence-electron chi connectivity index (χ1n) is 8.09. The Morgan fingerprint density at radius 3 is 2.40 bits per heavy atom. The highest BCUT2D eigenvalue weighted by Gasteiger charge is 2.36. The normalized spacial score (nSPS) is 16.1. The van der Waals surface area contributed by atoms with Gasteiger partial charge >= 0.3 is 0 Å². The van der Waals surface area contributed by atoms with Crippen molar-refractivity contribution in [3.63, 3.8) is 0 Å². The molecule has 2 aromatic carbocycles. The molecule has 0 spiro atoms. The van der Waals surface area contributed by atoms with Gasteiger partial charge in [-0.3, -0.25) is 14.5 Å². The van der Waals surface area contributed by atoms with Gasteiger partial charge in [0.2, 0.25) is 0 Å². The zero-order chi connectivity index (χ0) is 17.8. The molecule has 0 bridgehead atoms. The molecule has 25 heavy (non-hydrogen) atoms. The number of carbonyl (C=O) groups is 2. The van der Waals surface area contributed by atoms with Gasteiger partial charge in [0.05, 0.1) is 4.91 Å². The fraction of sp³-hybridized carbons (Fsp3) is 0.200. The Morgan fingerprint density at radius 2 is 1.72 bits per heavy atom. The minimum atomic E-state index is -0.247. The molecule has 0 N–H and O–H groups in total. The Labute approximate surface area is 151 Å². The summed E-state index contributed by atoms with van der Waals surface area (Å²) in [5.74, 6) is 0.436. The molecule has 1 heterocycles. The van der Waals surface area contributed by atoms with Crippen LogP contribution in [0.5, 0.6) is 5.75 Å². The van der Waals surface area contributed by atoms with Crippen LogP contribution < -0.4 is 4.74 Å². The van der Waals surface area contributed by atoms with Gasteiger partial charge in [-0.1, -0.05) is 48.5 Å². The predicted molar refractivity (Wildman–Crippen MR) is 100 cm³/mol. The van der Waals surface area contributed by atoms with E-state index in [1.807, 2.05) is 68.4 Å². The van der Waals surface area contributed by atoms with Crippen LogP contribution in [-0.2, 0) is 11.4 Å². The highest BCUT2D eigenvalue weighted by Crippen LogP contribution is 2.35. The monoisotopic (exact) mass is 353 g/mol. The Balaban J connectivity index is 1.82. The van der Waals surface area contributed by atoms with Crippen LogP contribution in [-0.4, -0.2) is 22.1 Å². The number of hydrogen-bond donors (Lipinski definition) is 0. The van der Waals surface area contributed by atoms with E-state index in [4.69, 9.17) is 4.74 Å². The molecule has 2 amide bonds. The summed E-state index contributed by atoms with van der Waals surface area (Å²) in [7, 11) is 0. The van der Waals surface area contributed by atoms with Crippen LogP contribution in [0.4, 0.5) is 4.79 Å². The third-order valence-corrected chi connectivity index (χ3v) is 4.67. The van der Waals surface area contributed by atoms with Gasteiger partial charge in [-0.15, -0.1) is 0 Å². The SMILES string of the molecule is CC(C)N1C(=O)S/C(=C/c2ccccc2OCc2ccccc2)C1=O. The van der Waals surface area contributed by atoms with Crippen molar-refractivity contribution in [3.8, 4) is 5.75 Å². The van der Waals surface area contributed by atoms with Crippen LogP contribution in [0, 0.1) is 0 Å². The van der Waals surface area contributed by atoms with Crippen LogP contribution in [0.25, 0.3) is 6.08 Å². The molecule has 5 heteroatoms. The molecule has 1 aliphatic rings. The van der Waals surface area contributed by atoms with Crippen LogP contribution in [0.2, 0.25) is 0 Å². The summed E-state index contributed by atoms with van der Waals surface area (Å²) in [6.07, 6.45) is 1.73. The van der Waals surface area contributed by atoms with Crippen LogP contribution in [0.3, 0.4) is 0 Å². The van der Waals surface area contributed by atoms with Gasteiger partial charge < -0.3 is 4.74 Å². The van der Waals surface area contributed by atoms with E-state index in [1.165, 1.54) is 4.90 Å². The second-order valence-corrected chi connectivity index (χ2v) is 6.95. The maximum atomic E-state index is 12.4. The van der Waals surface area contributed by atoms with Gasteiger partial charge in [0, 0.05) is 11.6 Å². The fourth-order valence-electron chi connectivity index (χ4n) is 2.53. The lowest BCUT2D eigenvalue weighted by Crippen LogP contribution is -2.34. The molecule has 1 aliphatic heterocycles. The lowest BCUT2D eigenvalue weighted by molar-refractivity contribution is -0.123. The largest absolute Gasteiger partial charge is 0.488 e. The molecule has 0 radical (unpaired) electrons. The second kappa shape index (κ2) is 7.57. The van der Waals surface area contributed by atoms with E-state index in [2.05, 4.69) is 0 Å². The van der Waals surface area contributed by atoms with Crippen molar-refractivity contribution >= 4 is 29.0 Å². The smallest absolute Gasteiger partial charge is 0.293 e. The van der Waals surface area contributed by atoms with E-state index in [-0.39, 0.29) is 17.2 Å². The number of rotatable bonds is 5. The summed E-state index contributed by atoms with van der Waals surface area (Å²) < 4.78 is 5.91. The molecule has 0 atom stereocenters. The standard InChI is InChI=1S/C20H19NO3S/c1-14(2)21-19(22)18(25-20(21)23)12-16-10-6-7-11-17(16)24-13-15-8-4-3-5-9-15/h3-12,14H,13H2,1-2H3/b18-12+. The summed E-state index contributed by atoms with van der Waals surface area (Å²) in [6, 6.07) is 17.2.